The lowest BCUT2D eigenvalue weighted by atomic mass is 10.1. The van der Waals surface area contributed by atoms with Gasteiger partial charge in [0, 0.05) is 9.90 Å². The lowest BCUT2D eigenvalue weighted by Crippen LogP contribution is -2.30. The average Bonchev–Trinajstić information content (AvgIpc) is 3.00. The molecule has 1 heterocycles. The molecule has 0 radical (unpaired) electrons. The van der Waals surface area contributed by atoms with Gasteiger partial charge in [-0.1, -0.05) is 17.7 Å². The second-order valence-corrected chi connectivity index (χ2v) is 5.90. The summed E-state index contributed by atoms with van der Waals surface area (Å²) in [5, 5.41) is 14.0. The van der Waals surface area contributed by atoms with Crippen molar-refractivity contribution in [3.05, 3.63) is 51.2 Å². The van der Waals surface area contributed by atoms with Gasteiger partial charge in [-0.25, -0.2) is 0 Å². The largest absolute Gasteiger partial charge is 0.496 e. The predicted molar refractivity (Wildman–Crippen MR) is 84.8 cm³/mol. The second kappa shape index (κ2) is 7.29. The first-order valence-corrected chi connectivity index (χ1v) is 7.66. The van der Waals surface area contributed by atoms with Crippen LogP contribution in [0.4, 0.5) is 0 Å². The smallest absolute Gasteiger partial charge is 0.305 e. The third kappa shape index (κ3) is 3.99. The molecule has 1 aromatic heterocycles. The van der Waals surface area contributed by atoms with Gasteiger partial charge in [0.1, 0.15) is 5.75 Å². The van der Waals surface area contributed by atoms with Crippen LogP contribution in [-0.4, -0.2) is 24.1 Å². The summed E-state index contributed by atoms with van der Waals surface area (Å²) >= 11 is 7.30. The summed E-state index contributed by atoms with van der Waals surface area (Å²) in [7, 11) is 1.45. The van der Waals surface area contributed by atoms with Crippen LogP contribution in [0, 0.1) is 0 Å². The summed E-state index contributed by atoms with van der Waals surface area (Å²) < 4.78 is 5.14. The van der Waals surface area contributed by atoms with Crippen molar-refractivity contribution < 1.29 is 19.4 Å². The Morgan fingerprint density at radius 2 is 2.18 bits per heavy atom. The van der Waals surface area contributed by atoms with Gasteiger partial charge < -0.3 is 15.2 Å². The number of benzene rings is 1. The maximum atomic E-state index is 12.4. The normalized spacial score (nSPS) is 11.7. The average molecular weight is 340 g/mol. The highest BCUT2D eigenvalue weighted by atomic mass is 35.5. The van der Waals surface area contributed by atoms with Crippen molar-refractivity contribution in [3.63, 3.8) is 0 Å². The van der Waals surface area contributed by atoms with Crippen LogP contribution >= 0.6 is 22.9 Å². The maximum absolute atomic E-state index is 12.4. The van der Waals surface area contributed by atoms with Gasteiger partial charge in [-0.3, -0.25) is 9.59 Å². The van der Waals surface area contributed by atoms with E-state index < -0.39 is 17.9 Å². The molecule has 1 aromatic carbocycles. The second-order valence-electron chi connectivity index (χ2n) is 4.48. The van der Waals surface area contributed by atoms with Gasteiger partial charge in [-0.2, -0.15) is 0 Å². The SMILES string of the molecule is COc1ccc(Cl)cc1C(=O)N[C@H](CC(=O)O)c1cccs1. The van der Waals surface area contributed by atoms with Crippen molar-refractivity contribution in [2.24, 2.45) is 0 Å². The molecule has 1 atom stereocenters. The van der Waals surface area contributed by atoms with E-state index in [9.17, 15) is 9.59 Å². The number of hydrogen-bond donors (Lipinski definition) is 2. The van der Waals surface area contributed by atoms with Gasteiger partial charge >= 0.3 is 5.97 Å². The Balaban J connectivity index is 2.24. The number of methoxy groups -OCH3 is 1. The van der Waals surface area contributed by atoms with Gasteiger partial charge in [0.15, 0.2) is 0 Å². The molecule has 1 amide bonds. The van der Waals surface area contributed by atoms with E-state index in [1.54, 1.807) is 24.3 Å². The number of thiophene rings is 1. The Bertz CT molecular complexity index is 672. The fraction of sp³-hybridized carbons (Fsp3) is 0.200. The van der Waals surface area contributed by atoms with E-state index in [0.717, 1.165) is 4.88 Å². The summed E-state index contributed by atoms with van der Waals surface area (Å²) in [5.74, 6) is -1.04. The molecule has 0 bridgehead atoms. The molecular weight excluding hydrogens is 326 g/mol. The molecule has 0 aliphatic carbocycles. The van der Waals surface area contributed by atoms with E-state index >= 15 is 0 Å². The Labute approximate surface area is 136 Å². The zero-order chi connectivity index (χ0) is 16.1. The van der Waals surface area contributed by atoms with Crippen LogP contribution in [0.5, 0.6) is 5.75 Å². The summed E-state index contributed by atoms with van der Waals surface area (Å²) in [6, 6.07) is 7.69. The summed E-state index contributed by atoms with van der Waals surface area (Å²) in [5.41, 5.74) is 0.266. The molecule has 2 rings (SSSR count). The van der Waals surface area contributed by atoms with Gasteiger partial charge in [-0.05, 0) is 29.6 Å². The Morgan fingerprint density at radius 1 is 1.41 bits per heavy atom. The topological polar surface area (TPSA) is 75.6 Å². The molecule has 2 N–H and O–H groups in total. The Morgan fingerprint density at radius 3 is 2.77 bits per heavy atom. The number of nitrogens with one attached hydrogen (secondary N) is 1. The number of rotatable bonds is 6. The van der Waals surface area contributed by atoms with E-state index in [0.29, 0.717) is 10.8 Å². The minimum Gasteiger partial charge on any atom is -0.496 e. The molecule has 22 heavy (non-hydrogen) atoms. The van der Waals surface area contributed by atoms with E-state index in [-0.39, 0.29) is 12.0 Å². The Hall–Kier alpha value is -2.05. The number of aliphatic carboxylic acids is 1. The number of hydrogen-bond acceptors (Lipinski definition) is 4. The van der Waals surface area contributed by atoms with Gasteiger partial charge in [0.25, 0.3) is 5.91 Å². The third-order valence-electron chi connectivity index (χ3n) is 2.98. The molecule has 0 saturated heterocycles. The molecule has 0 unspecified atom stereocenters. The van der Waals surface area contributed by atoms with Crippen molar-refractivity contribution in [1.82, 2.24) is 5.32 Å². The first-order chi connectivity index (χ1) is 10.5. The Kier molecular flexibility index (Phi) is 5.41. The third-order valence-corrected chi connectivity index (χ3v) is 4.20. The molecular formula is C15H14ClNO4S. The van der Waals surface area contributed by atoms with Crippen LogP contribution in [0.1, 0.15) is 27.7 Å². The minimum absolute atomic E-state index is 0.199. The molecule has 7 heteroatoms. The van der Waals surface area contributed by atoms with Gasteiger partial charge in [0.05, 0.1) is 25.1 Å². The van der Waals surface area contributed by atoms with E-state index in [1.165, 1.54) is 24.5 Å². The van der Waals surface area contributed by atoms with Crippen LogP contribution in [-0.2, 0) is 4.79 Å². The van der Waals surface area contributed by atoms with Crippen molar-refractivity contribution in [2.75, 3.05) is 7.11 Å². The van der Waals surface area contributed by atoms with Gasteiger partial charge in [-0.15, -0.1) is 11.3 Å². The van der Waals surface area contributed by atoms with Crippen LogP contribution in [0.25, 0.3) is 0 Å². The molecule has 5 nitrogen and oxygen atoms in total. The molecule has 0 saturated carbocycles. The van der Waals surface area contributed by atoms with E-state index in [1.807, 2.05) is 5.38 Å². The highest BCUT2D eigenvalue weighted by molar-refractivity contribution is 7.10. The molecule has 116 valence electrons. The minimum atomic E-state index is -0.989. The lowest BCUT2D eigenvalue weighted by molar-refractivity contribution is -0.137. The molecule has 0 aliphatic heterocycles. The number of carbonyl (C=O) groups excluding carboxylic acids is 1. The van der Waals surface area contributed by atoms with Crippen molar-refractivity contribution in [2.45, 2.75) is 12.5 Å². The number of halogens is 1. The zero-order valence-corrected chi connectivity index (χ0v) is 13.3. The summed E-state index contributed by atoms with van der Waals surface area (Å²) in [6.07, 6.45) is -0.199. The maximum Gasteiger partial charge on any atom is 0.305 e. The molecule has 0 aliphatic rings. The number of carboxylic acid groups (broad SMARTS) is 1. The van der Waals surface area contributed by atoms with Crippen molar-refractivity contribution in [1.29, 1.82) is 0 Å². The zero-order valence-electron chi connectivity index (χ0n) is 11.7. The van der Waals surface area contributed by atoms with Crippen molar-refractivity contribution in [3.8, 4) is 5.75 Å². The first kappa shape index (κ1) is 16.3. The standard InChI is InChI=1S/C15H14ClNO4S/c1-21-12-5-4-9(16)7-10(12)15(20)17-11(8-14(18)19)13-3-2-6-22-13/h2-7,11H,8H2,1H3,(H,17,20)(H,18,19)/t11-/m1/s1. The van der Waals surface area contributed by atoms with Crippen molar-refractivity contribution >= 4 is 34.8 Å². The van der Waals surface area contributed by atoms with Crippen LogP contribution in [0.15, 0.2) is 35.7 Å². The molecule has 0 spiro atoms. The van der Waals surface area contributed by atoms with E-state index in [4.69, 9.17) is 21.4 Å². The first-order valence-electron chi connectivity index (χ1n) is 6.41. The number of carboxylic acids is 1. The van der Waals surface area contributed by atoms with Crippen LogP contribution in [0.2, 0.25) is 5.02 Å². The highest BCUT2D eigenvalue weighted by Crippen LogP contribution is 2.26. The number of amides is 1. The lowest BCUT2D eigenvalue weighted by Gasteiger charge is -2.17. The number of ether oxygens (including phenoxy) is 1. The quantitative estimate of drug-likeness (QED) is 0.846. The van der Waals surface area contributed by atoms with Gasteiger partial charge in [0.2, 0.25) is 0 Å². The van der Waals surface area contributed by atoms with E-state index in [2.05, 4.69) is 5.32 Å². The summed E-state index contributed by atoms with van der Waals surface area (Å²) in [6.45, 7) is 0. The summed E-state index contributed by atoms with van der Waals surface area (Å²) in [4.78, 5) is 24.2. The number of carbonyl (C=O) groups is 2. The fourth-order valence-electron chi connectivity index (χ4n) is 1.98. The predicted octanol–water partition coefficient (Wildman–Crippen LogP) is 3.36. The monoisotopic (exact) mass is 339 g/mol. The highest BCUT2D eigenvalue weighted by Gasteiger charge is 2.21. The molecule has 2 aromatic rings. The molecule has 0 fully saturated rings. The van der Waals surface area contributed by atoms with Crippen LogP contribution in [0.3, 0.4) is 0 Å². The fourth-order valence-corrected chi connectivity index (χ4v) is 2.93. The van der Waals surface area contributed by atoms with Crippen LogP contribution < -0.4 is 10.1 Å².